The van der Waals surface area contributed by atoms with Crippen molar-refractivity contribution in [3.63, 3.8) is 0 Å². The standard InChI is InChI=1S/C19H16ClF2N3O6/c1-8-3-15(31-2)14(23-16(26)7-17(27)28)6-13(8)24-19(30)25-18(29)9-4-11(21)12(22)5-10(9)20/h3-6H,7H2,1-2H3,(H,23,26)(H,27,28)(H2,24,25,29,30). The van der Waals surface area contributed by atoms with Crippen LogP contribution in [0, 0.1) is 18.6 Å². The molecular formula is C19H16ClF2N3O6. The predicted molar refractivity (Wildman–Crippen MR) is 106 cm³/mol. The van der Waals surface area contributed by atoms with E-state index in [0.717, 1.165) is 0 Å². The summed E-state index contributed by atoms with van der Waals surface area (Å²) in [6.45, 7) is 1.59. The Kier molecular flexibility index (Phi) is 7.48. The number of carboxylic acid groups (broad SMARTS) is 1. The number of hydrogen-bond donors (Lipinski definition) is 4. The van der Waals surface area contributed by atoms with E-state index >= 15 is 0 Å². The number of aryl methyl sites for hydroxylation is 1. The van der Waals surface area contributed by atoms with Crippen molar-refractivity contribution in [1.29, 1.82) is 0 Å². The lowest BCUT2D eigenvalue weighted by atomic mass is 10.1. The number of carboxylic acids is 1. The first kappa shape index (κ1) is 23.5. The van der Waals surface area contributed by atoms with E-state index in [1.165, 1.54) is 19.2 Å². The van der Waals surface area contributed by atoms with Crippen molar-refractivity contribution in [3.8, 4) is 5.75 Å². The van der Waals surface area contributed by atoms with Crippen molar-refractivity contribution >= 4 is 46.8 Å². The van der Waals surface area contributed by atoms with Crippen LogP contribution in [-0.2, 0) is 9.59 Å². The molecule has 12 heteroatoms. The zero-order valence-corrected chi connectivity index (χ0v) is 16.9. The average molecular weight is 456 g/mol. The fraction of sp³-hybridized carbons (Fsp3) is 0.158. The lowest BCUT2D eigenvalue weighted by Gasteiger charge is -2.15. The zero-order chi connectivity index (χ0) is 23.3. The summed E-state index contributed by atoms with van der Waals surface area (Å²) in [4.78, 5) is 46.7. The molecule has 0 bridgehead atoms. The molecule has 0 spiro atoms. The molecule has 0 fully saturated rings. The van der Waals surface area contributed by atoms with E-state index in [1.54, 1.807) is 6.92 Å². The quantitative estimate of drug-likeness (QED) is 0.390. The van der Waals surface area contributed by atoms with E-state index in [4.69, 9.17) is 21.4 Å². The largest absolute Gasteiger partial charge is 0.495 e. The molecule has 0 saturated carbocycles. The van der Waals surface area contributed by atoms with Gasteiger partial charge in [-0.3, -0.25) is 19.7 Å². The third kappa shape index (κ3) is 6.12. The minimum absolute atomic E-state index is 0.0737. The highest BCUT2D eigenvalue weighted by Crippen LogP contribution is 2.31. The van der Waals surface area contributed by atoms with Crippen LogP contribution in [0.1, 0.15) is 22.3 Å². The van der Waals surface area contributed by atoms with E-state index in [9.17, 15) is 28.0 Å². The molecule has 0 saturated heterocycles. The number of hydrogen-bond acceptors (Lipinski definition) is 5. The molecule has 0 atom stereocenters. The number of aliphatic carboxylic acids is 1. The fourth-order valence-electron chi connectivity index (χ4n) is 2.44. The lowest BCUT2D eigenvalue weighted by Crippen LogP contribution is -2.34. The summed E-state index contributed by atoms with van der Waals surface area (Å²) in [5, 5.41) is 14.9. The summed E-state index contributed by atoms with van der Waals surface area (Å²) in [6, 6.07) is 2.88. The topological polar surface area (TPSA) is 134 Å². The Balaban J connectivity index is 2.19. The molecule has 0 unspecified atom stereocenters. The number of halogens is 3. The molecule has 0 aliphatic rings. The molecule has 0 aromatic heterocycles. The molecule has 4 amide bonds. The van der Waals surface area contributed by atoms with Crippen LogP contribution in [-0.4, -0.2) is 36.0 Å². The van der Waals surface area contributed by atoms with Crippen molar-refractivity contribution < 1.29 is 37.8 Å². The number of ether oxygens (including phenoxy) is 1. The van der Waals surface area contributed by atoms with E-state index < -0.39 is 52.5 Å². The number of methoxy groups -OCH3 is 1. The minimum atomic E-state index is -1.34. The van der Waals surface area contributed by atoms with Crippen molar-refractivity contribution in [1.82, 2.24) is 5.32 Å². The number of amides is 4. The maximum Gasteiger partial charge on any atom is 0.326 e. The van der Waals surface area contributed by atoms with Gasteiger partial charge in [0.05, 0.1) is 23.4 Å². The monoisotopic (exact) mass is 455 g/mol. The summed E-state index contributed by atoms with van der Waals surface area (Å²) in [6.07, 6.45) is -0.788. The molecule has 4 N–H and O–H groups in total. The van der Waals surface area contributed by atoms with E-state index in [1.807, 2.05) is 5.32 Å². The zero-order valence-electron chi connectivity index (χ0n) is 16.1. The number of imide groups is 1. The van der Waals surface area contributed by atoms with Gasteiger partial charge in [0.1, 0.15) is 12.2 Å². The molecular weight excluding hydrogens is 440 g/mol. The SMILES string of the molecule is COc1cc(C)c(NC(=O)NC(=O)c2cc(F)c(F)cc2Cl)cc1NC(=O)CC(=O)O. The van der Waals surface area contributed by atoms with Gasteiger partial charge in [0.25, 0.3) is 5.91 Å². The van der Waals surface area contributed by atoms with E-state index in [2.05, 4.69) is 10.6 Å². The van der Waals surface area contributed by atoms with Crippen LogP contribution in [0.25, 0.3) is 0 Å². The Morgan fingerprint density at radius 1 is 1.03 bits per heavy atom. The first-order valence-corrected chi connectivity index (χ1v) is 8.86. The summed E-state index contributed by atoms with van der Waals surface area (Å²) in [5.41, 5.74) is 0.239. The maximum absolute atomic E-state index is 13.4. The molecule has 2 rings (SSSR count). The van der Waals surface area contributed by atoms with Crippen LogP contribution in [0.4, 0.5) is 25.0 Å². The van der Waals surface area contributed by atoms with Crippen LogP contribution in [0.15, 0.2) is 24.3 Å². The van der Waals surface area contributed by atoms with Gasteiger partial charge in [-0.1, -0.05) is 11.6 Å². The van der Waals surface area contributed by atoms with Crippen LogP contribution < -0.4 is 20.7 Å². The van der Waals surface area contributed by atoms with Gasteiger partial charge in [0.2, 0.25) is 5.91 Å². The highest BCUT2D eigenvalue weighted by molar-refractivity contribution is 6.34. The minimum Gasteiger partial charge on any atom is -0.495 e. The number of anilines is 2. The first-order chi connectivity index (χ1) is 14.5. The third-order valence-corrected chi connectivity index (χ3v) is 4.17. The number of carbonyl (C=O) groups is 4. The lowest BCUT2D eigenvalue weighted by molar-refractivity contribution is -0.139. The molecule has 2 aromatic rings. The number of carbonyl (C=O) groups excluding carboxylic acids is 3. The second kappa shape index (κ2) is 9.85. The maximum atomic E-state index is 13.4. The van der Waals surface area contributed by atoms with Crippen molar-refractivity contribution in [2.75, 3.05) is 17.7 Å². The molecule has 0 radical (unpaired) electrons. The van der Waals surface area contributed by atoms with Gasteiger partial charge in [0.15, 0.2) is 11.6 Å². The first-order valence-electron chi connectivity index (χ1n) is 8.49. The van der Waals surface area contributed by atoms with Crippen molar-refractivity contribution in [2.24, 2.45) is 0 Å². The van der Waals surface area contributed by atoms with Crippen molar-refractivity contribution in [3.05, 3.63) is 52.0 Å². The Labute approximate surface area is 179 Å². The van der Waals surface area contributed by atoms with Gasteiger partial charge >= 0.3 is 12.0 Å². The molecule has 0 aliphatic carbocycles. The van der Waals surface area contributed by atoms with Crippen LogP contribution in [0.5, 0.6) is 5.75 Å². The normalized spacial score (nSPS) is 10.2. The Bertz CT molecular complexity index is 1080. The van der Waals surface area contributed by atoms with Gasteiger partial charge in [-0.15, -0.1) is 0 Å². The third-order valence-electron chi connectivity index (χ3n) is 3.86. The second-order valence-electron chi connectivity index (χ2n) is 6.14. The summed E-state index contributed by atoms with van der Waals surface area (Å²) < 4.78 is 31.6. The highest BCUT2D eigenvalue weighted by Gasteiger charge is 2.19. The number of rotatable bonds is 6. The predicted octanol–water partition coefficient (Wildman–Crippen LogP) is 3.31. The van der Waals surface area contributed by atoms with Gasteiger partial charge in [-0.05, 0) is 36.8 Å². The fourth-order valence-corrected chi connectivity index (χ4v) is 2.67. The second-order valence-corrected chi connectivity index (χ2v) is 6.55. The molecule has 0 heterocycles. The summed E-state index contributed by atoms with van der Waals surface area (Å²) in [5.74, 6) is -5.61. The average Bonchev–Trinajstić information content (AvgIpc) is 2.66. The molecule has 2 aromatic carbocycles. The Morgan fingerprint density at radius 2 is 1.68 bits per heavy atom. The van der Waals surface area contributed by atoms with Crippen molar-refractivity contribution in [2.45, 2.75) is 13.3 Å². The van der Waals surface area contributed by atoms with Gasteiger partial charge in [-0.25, -0.2) is 13.6 Å². The van der Waals surface area contributed by atoms with Crippen LogP contribution in [0.3, 0.4) is 0 Å². The van der Waals surface area contributed by atoms with Gasteiger partial charge in [0, 0.05) is 5.69 Å². The van der Waals surface area contributed by atoms with E-state index in [-0.39, 0.29) is 17.1 Å². The Hall–Kier alpha value is -3.73. The Morgan fingerprint density at radius 3 is 2.29 bits per heavy atom. The highest BCUT2D eigenvalue weighted by atomic mass is 35.5. The van der Waals surface area contributed by atoms with Gasteiger partial charge < -0.3 is 20.5 Å². The van der Waals surface area contributed by atoms with Crippen LogP contribution in [0.2, 0.25) is 5.02 Å². The van der Waals surface area contributed by atoms with Gasteiger partial charge in [-0.2, -0.15) is 0 Å². The van der Waals surface area contributed by atoms with E-state index in [0.29, 0.717) is 17.7 Å². The smallest absolute Gasteiger partial charge is 0.326 e. The van der Waals surface area contributed by atoms with Crippen LogP contribution >= 0.6 is 11.6 Å². The molecule has 31 heavy (non-hydrogen) atoms. The number of benzene rings is 2. The number of urea groups is 1. The number of nitrogens with one attached hydrogen (secondary N) is 3. The molecule has 0 aliphatic heterocycles. The molecule has 164 valence electrons. The summed E-state index contributed by atoms with van der Waals surface area (Å²) in [7, 11) is 1.33. The molecule has 9 nitrogen and oxygen atoms in total. The summed E-state index contributed by atoms with van der Waals surface area (Å²) >= 11 is 5.71.